The van der Waals surface area contributed by atoms with E-state index in [4.69, 9.17) is 9.73 Å². The van der Waals surface area contributed by atoms with Crippen molar-refractivity contribution in [2.75, 3.05) is 0 Å². The highest BCUT2D eigenvalue weighted by molar-refractivity contribution is 6.07. The molecule has 1 aromatic carbocycles. The highest BCUT2D eigenvalue weighted by Crippen LogP contribution is 2.73. The molecule has 0 unspecified atom stereocenters. The van der Waals surface area contributed by atoms with E-state index in [1.807, 2.05) is 23.5 Å². The Morgan fingerprint density at radius 2 is 1.87 bits per heavy atom. The summed E-state index contributed by atoms with van der Waals surface area (Å²) in [6.45, 7) is 14.9. The summed E-state index contributed by atoms with van der Waals surface area (Å²) in [4.78, 5) is 5.03. The third kappa shape index (κ3) is 1.66. The van der Waals surface area contributed by atoms with Gasteiger partial charge in [-0.05, 0) is 36.8 Å². The Morgan fingerprint density at radius 1 is 1.16 bits per heavy atom. The number of hydrogen-bond acceptors (Lipinski definition) is 4. The number of nitrogens with zero attached hydrogens (tertiary/aromatic N) is 1. The molecule has 0 amide bonds. The summed E-state index contributed by atoms with van der Waals surface area (Å²) in [5, 5.41) is 28.0. The van der Waals surface area contributed by atoms with Crippen LogP contribution in [0.25, 0.3) is 0 Å². The largest absolute Gasteiger partial charge is 0.468 e. The summed E-state index contributed by atoms with van der Waals surface area (Å²) in [7, 11) is 4.28. The van der Waals surface area contributed by atoms with E-state index in [-0.39, 0.29) is 23.5 Å². The van der Waals surface area contributed by atoms with E-state index < -0.39 is 27.6 Å². The topological polar surface area (TPSA) is 82.0 Å². The molecule has 2 saturated carbocycles. The maximum Gasteiger partial charge on any atom is 0.166 e. The number of hydrogen-bond donors (Lipinski definition) is 3. The van der Waals surface area contributed by atoms with Gasteiger partial charge < -0.3 is 20.3 Å². The molecule has 5 aliphatic rings. The van der Waals surface area contributed by atoms with Gasteiger partial charge in [0.1, 0.15) is 17.7 Å². The molecule has 2 aliphatic heterocycles. The number of benzene rings is 1. The minimum Gasteiger partial charge on any atom is -0.468 e. The fourth-order valence-electron chi connectivity index (χ4n) is 8.52. The summed E-state index contributed by atoms with van der Waals surface area (Å²) in [6.07, 6.45) is 3.19. The predicted octanol–water partition coefficient (Wildman–Crippen LogP) is 2.49. The van der Waals surface area contributed by atoms with Crippen molar-refractivity contribution in [3.05, 3.63) is 49.0 Å². The van der Waals surface area contributed by atoms with Gasteiger partial charge >= 0.3 is 0 Å². The normalized spacial score (nSPS) is 49.4. The van der Waals surface area contributed by atoms with Gasteiger partial charge in [-0.3, -0.25) is 4.99 Å². The summed E-state index contributed by atoms with van der Waals surface area (Å²) < 4.78 is 6.42. The Balaban J connectivity index is 1.83. The molecule has 6 rings (SSSR count). The maximum absolute atomic E-state index is 13.2. The number of fused-ring (bicyclic) bond motifs is 2. The van der Waals surface area contributed by atoms with Gasteiger partial charge in [0.05, 0.1) is 11.4 Å². The summed E-state index contributed by atoms with van der Waals surface area (Å²) in [6, 6.07) is 6.10. The first-order chi connectivity index (χ1) is 14.4. The van der Waals surface area contributed by atoms with Crippen molar-refractivity contribution >= 4 is 11.4 Å². The number of ether oxygens (including phenoxy) is 1. The number of nitrogens with two attached hydrogens (primary N) is 1. The van der Waals surface area contributed by atoms with E-state index in [2.05, 4.69) is 54.3 Å². The zero-order valence-electron chi connectivity index (χ0n) is 19.2. The van der Waals surface area contributed by atoms with E-state index >= 15 is 0 Å². The summed E-state index contributed by atoms with van der Waals surface area (Å²) in [5.74, 6) is -0.194. The summed E-state index contributed by atoms with van der Waals surface area (Å²) >= 11 is 0. The quantitative estimate of drug-likeness (QED) is 0.389. The number of rotatable bonds is 2. The summed E-state index contributed by atoms with van der Waals surface area (Å²) in [5.41, 5.74) is -2.12. The first-order valence-electron chi connectivity index (χ1n) is 11.5. The van der Waals surface area contributed by atoms with Gasteiger partial charge in [-0.1, -0.05) is 45.9 Å². The molecular formula is C26H34N2O3. The van der Waals surface area contributed by atoms with Gasteiger partial charge in [0.2, 0.25) is 0 Å². The molecule has 0 spiro atoms. The SMILES string of the molecule is C=C[C@@]1(C)CC[C@@H]2C(C)(C)c3cccc4c3[C@@]3(O)C(=N4)C(C)(C)[C@@H]4O[C@@H]4[C@@]1([NH2+][CH2-])[C@@]23O. The average Bonchev–Trinajstić information content (AvgIpc) is 3.46. The van der Waals surface area contributed by atoms with E-state index in [1.165, 1.54) is 0 Å². The van der Waals surface area contributed by atoms with Crippen molar-refractivity contribution in [3.8, 4) is 0 Å². The van der Waals surface area contributed by atoms with Crippen molar-refractivity contribution in [2.45, 2.75) is 81.8 Å². The number of aliphatic hydroxyl groups is 2. The van der Waals surface area contributed by atoms with E-state index in [9.17, 15) is 10.2 Å². The van der Waals surface area contributed by atoms with Gasteiger partial charge in [-0.2, -0.15) is 7.05 Å². The van der Waals surface area contributed by atoms with Gasteiger partial charge in [0.25, 0.3) is 0 Å². The lowest BCUT2D eigenvalue weighted by Crippen LogP contribution is -3.07. The second-order valence-corrected chi connectivity index (χ2v) is 11.8. The van der Waals surface area contributed by atoms with Crippen LogP contribution in [-0.2, 0) is 15.8 Å². The van der Waals surface area contributed by atoms with Crippen LogP contribution in [0.2, 0.25) is 0 Å². The highest BCUT2D eigenvalue weighted by Gasteiger charge is 2.89. The Bertz CT molecular complexity index is 1080. The van der Waals surface area contributed by atoms with Crippen LogP contribution in [0.1, 0.15) is 58.6 Å². The Morgan fingerprint density at radius 3 is 2.52 bits per heavy atom. The number of epoxide rings is 1. The molecule has 7 atom stereocenters. The fraction of sp³-hybridized carbons (Fsp3) is 0.615. The molecule has 4 N–H and O–H groups in total. The minimum absolute atomic E-state index is 0.151. The first kappa shape index (κ1) is 20.1. The molecule has 3 aliphatic carbocycles. The molecule has 5 nitrogen and oxygen atoms in total. The third-order valence-corrected chi connectivity index (χ3v) is 10.2. The van der Waals surface area contributed by atoms with Crippen molar-refractivity contribution in [1.29, 1.82) is 0 Å². The van der Waals surface area contributed by atoms with Gasteiger partial charge in [0.15, 0.2) is 11.2 Å². The van der Waals surface area contributed by atoms with Crippen molar-refractivity contribution in [1.82, 2.24) is 0 Å². The van der Waals surface area contributed by atoms with Gasteiger partial charge in [-0.25, -0.2) is 0 Å². The molecule has 0 aromatic heterocycles. The third-order valence-electron chi connectivity index (χ3n) is 10.2. The van der Waals surface area contributed by atoms with Crippen LogP contribution in [0, 0.1) is 23.8 Å². The molecule has 0 bridgehead atoms. The molecule has 166 valence electrons. The fourth-order valence-corrected chi connectivity index (χ4v) is 8.52. The van der Waals surface area contributed by atoms with Crippen molar-refractivity contribution in [3.63, 3.8) is 0 Å². The van der Waals surface area contributed by atoms with Crippen molar-refractivity contribution < 1.29 is 20.3 Å². The molecule has 5 heteroatoms. The lowest BCUT2D eigenvalue weighted by atomic mass is 9.39. The molecular weight excluding hydrogens is 388 g/mol. The Labute approximate surface area is 184 Å². The lowest BCUT2D eigenvalue weighted by Gasteiger charge is -2.68. The standard InChI is InChI=1S/C26H34N2O3/c1-8-23(6)13-12-16-21(2,3)14-10-9-11-15-17(14)24(29)20(28-15)22(4,5)18-19(31-18)25(23,27-7)26(16,24)30/h8-11,16,18-19,29-30H,1,7,12-13,27H2,2-6H3/t16-,18-,19+,23+,24-,25+,26-/m1/s1. The smallest absolute Gasteiger partial charge is 0.166 e. The zero-order valence-corrected chi connectivity index (χ0v) is 19.2. The average molecular weight is 423 g/mol. The molecule has 2 heterocycles. The predicted molar refractivity (Wildman–Crippen MR) is 119 cm³/mol. The van der Waals surface area contributed by atoms with Crippen LogP contribution in [0.5, 0.6) is 0 Å². The Kier molecular flexibility index (Phi) is 3.35. The molecule has 1 saturated heterocycles. The molecule has 3 fully saturated rings. The van der Waals surface area contributed by atoms with Gasteiger partial charge in [0, 0.05) is 22.3 Å². The van der Waals surface area contributed by atoms with Crippen molar-refractivity contribution in [2.24, 2.45) is 21.7 Å². The Hall–Kier alpha value is -1.53. The van der Waals surface area contributed by atoms with E-state index in [1.54, 1.807) is 0 Å². The van der Waals surface area contributed by atoms with Crippen LogP contribution < -0.4 is 5.32 Å². The van der Waals surface area contributed by atoms with Crippen LogP contribution in [0.3, 0.4) is 0 Å². The molecule has 0 radical (unpaired) electrons. The molecule has 1 aromatic rings. The number of aliphatic imine (C=N–C) groups is 1. The van der Waals surface area contributed by atoms with Crippen LogP contribution in [0.4, 0.5) is 5.69 Å². The van der Waals surface area contributed by atoms with Crippen LogP contribution in [-0.4, -0.2) is 39.3 Å². The van der Waals surface area contributed by atoms with Crippen LogP contribution in [0.15, 0.2) is 35.8 Å². The van der Waals surface area contributed by atoms with E-state index in [0.717, 1.165) is 29.7 Å². The highest BCUT2D eigenvalue weighted by atomic mass is 16.6. The zero-order chi connectivity index (χ0) is 22.4. The number of quaternary nitrogens is 1. The maximum atomic E-state index is 13.2. The monoisotopic (exact) mass is 422 g/mol. The van der Waals surface area contributed by atoms with Crippen LogP contribution >= 0.6 is 0 Å². The minimum atomic E-state index is -1.60. The second-order valence-electron chi connectivity index (χ2n) is 11.8. The first-order valence-corrected chi connectivity index (χ1v) is 11.5. The second kappa shape index (κ2) is 5.17. The lowest BCUT2D eigenvalue weighted by molar-refractivity contribution is -0.723. The van der Waals surface area contributed by atoms with E-state index in [0.29, 0.717) is 5.71 Å². The van der Waals surface area contributed by atoms with Gasteiger partial charge in [-0.15, -0.1) is 6.58 Å². The molecule has 31 heavy (non-hydrogen) atoms.